The molecule has 4 aromatic rings. The maximum Gasteiger partial charge on any atom is 0.178 e. The molecular formula is C26H20O2. The molecule has 1 heterocycles. The number of methoxy groups -OCH3 is 1. The summed E-state index contributed by atoms with van der Waals surface area (Å²) in [6, 6.07) is 31.0. The number of ether oxygens (including phenoxy) is 2. The SMILES string of the molecule is COc1cccc2ccc3c(c12)C=CC(c1ccccc1)(c1ccccc1)O3. The van der Waals surface area contributed by atoms with Gasteiger partial charge < -0.3 is 9.47 Å². The summed E-state index contributed by atoms with van der Waals surface area (Å²) in [5, 5.41) is 2.21. The Morgan fingerprint density at radius 1 is 0.714 bits per heavy atom. The van der Waals surface area contributed by atoms with Crippen LogP contribution in [-0.4, -0.2) is 7.11 Å². The highest BCUT2D eigenvalue weighted by Crippen LogP contribution is 2.45. The molecule has 4 aromatic carbocycles. The topological polar surface area (TPSA) is 18.5 Å². The minimum atomic E-state index is -0.661. The number of fused-ring (bicyclic) bond motifs is 3. The fraction of sp³-hybridized carbons (Fsp3) is 0.0769. The van der Waals surface area contributed by atoms with Gasteiger partial charge in [-0.25, -0.2) is 0 Å². The van der Waals surface area contributed by atoms with Gasteiger partial charge in [0, 0.05) is 22.1 Å². The number of hydrogen-bond donors (Lipinski definition) is 0. The summed E-state index contributed by atoms with van der Waals surface area (Å²) in [4.78, 5) is 0. The maximum atomic E-state index is 6.76. The highest BCUT2D eigenvalue weighted by atomic mass is 16.5. The van der Waals surface area contributed by atoms with Gasteiger partial charge in [0.05, 0.1) is 7.11 Å². The molecule has 0 N–H and O–H groups in total. The number of benzene rings is 4. The molecule has 0 aliphatic carbocycles. The summed E-state index contributed by atoms with van der Waals surface area (Å²) in [7, 11) is 1.71. The van der Waals surface area contributed by atoms with Crippen LogP contribution in [0.25, 0.3) is 16.8 Å². The molecule has 0 fully saturated rings. The summed E-state index contributed by atoms with van der Waals surface area (Å²) in [6.45, 7) is 0. The standard InChI is InChI=1S/C26H20O2/c1-27-24-14-8-9-19-15-16-23-22(25(19)24)17-18-26(28-23,20-10-4-2-5-11-20)21-12-6-3-7-13-21/h2-18H,1H3. The van der Waals surface area contributed by atoms with E-state index in [1.165, 1.54) is 0 Å². The summed E-state index contributed by atoms with van der Waals surface area (Å²) in [6.07, 6.45) is 4.33. The van der Waals surface area contributed by atoms with Crippen molar-refractivity contribution in [3.8, 4) is 11.5 Å². The molecule has 136 valence electrons. The van der Waals surface area contributed by atoms with Crippen molar-refractivity contribution in [2.45, 2.75) is 5.60 Å². The van der Waals surface area contributed by atoms with Crippen LogP contribution in [0.2, 0.25) is 0 Å². The highest BCUT2D eigenvalue weighted by Gasteiger charge is 2.37. The zero-order chi connectivity index (χ0) is 19.0. The fourth-order valence-corrected chi connectivity index (χ4v) is 4.03. The first-order valence-corrected chi connectivity index (χ1v) is 9.41. The smallest absolute Gasteiger partial charge is 0.178 e. The van der Waals surface area contributed by atoms with Gasteiger partial charge in [-0.05, 0) is 29.7 Å². The summed E-state index contributed by atoms with van der Waals surface area (Å²) < 4.78 is 12.4. The van der Waals surface area contributed by atoms with E-state index in [-0.39, 0.29) is 0 Å². The van der Waals surface area contributed by atoms with E-state index in [0.717, 1.165) is 39.0 Å². The second-order valence-corrected chi connectivity index (χ2v) is 6.94. The van der Waals surface area contributed by atoms with Crippen molar-refractivity contribution in [2.75, 3.05) is 7.11 Å². The van der Waals surface area contributed by atoms with E-state index < -0.39 is 5.60 Å². The van der Waals surface area contributed by atoms with Crippen LogP contribution in [0.3, 0.4) is 0 Å². The molecule has 0 spiro atoms. The van der Waals surface area contributed by atoms with E-state index in [1.54, 1.807) is 7.11 Å². The van der Waals surface area contributed by atoms with Crippen molar-refractivity contribution in [1.82, 2.24) is 0 Å². The normalized spacial score (nSPS) is 14.3. The molecule has 0 atom stereocenters. The lowest BCUT2D eigenvalue weighted by Crippen LogP contribution is -2.34. The predicted molar refractivity (Wildman–Crippen MR) is 114 cm³/mol. The van der Waals surface area contributed by atoms with E-state index in [4.69, 9.17) is 9.47 Å². The van der Waals surface area contributed by atoms with E-state index in [9.17, 15) is 0 Å². The van der Waals surface area contributed by atoms with Crippen LogP contribution in [0, 0.1) is 0 Å². The average Bonchev–Trinajstić information content (AvgIpc) is 2.79. The molecule has 2 heteroatoms. The van der Waals surface area contributed by atoms with Crippen molar-refractivity contribution in [2.24, 2.45) is 0 Å². The van der Waals surface area contributed by atoms with Gasteiger partial charge in [0.25, 0.3) is 0 Å². The molecule has 5 rings (SSSR count). The van der Waals surface area contributed by atoms with Crippen LogP contribution in [0.5, 0.6) is 11.5 Å². The van der Waals surface area contributed by atoms with Gasteiger partial charge >= 0.3 is 0 Å². The fourth-order valence-electron chi connectivity index (χ4n) is 4.03. The Morgan fingerprint density at radius 2 is 1.39 bits per heavy atom. The van der Waals surface area contributed by atoms with Gasteiger partial charge in [-0.1, -0.05) is 78.9 Å². The first-order chi connectivity index (χ1) is 13.8. The van der Waals surface area contributed by atoms with Crippen LogP contribution in [0.4, 0.5) is 0 Å². The molecule has 0 radical (unpaired) electrons. The second kappa shape index (κ2) is 6.58. The third-order valence-corrected chi connectivity index (χ3v) is 5.39. The lowest BCUT2D eigenvalue weighted by atomic mass is 9.83. The van der Waals surface area contributed by atoms with Crippen LogP contribution in [0.15, 0.2) is 97.1 Å². The minimum Gasteiger partial charge on any atom is -0.496 e. The molecule has 0 bridgehead atoms. The van der Waals surface area contributed by atoms with E-state index >= 15 is 0 Å². The zero-order valence-corrected chi connectivity index (χ0v) is 15.6. The first kappa shape index (κ1) is 16.6. The van der Waals surface area contributed by atoms with Gasteiger partial charge in [-0.15, -0.1) is 0 Å². The minimum absolute atomic E-state index is 0.661. The Hall–Kier alpha value is -3.52. The van der Waals surface area contributed by atoms with Crippen LogP contribution < -0.4 is 9.47 Å². The van der Waals surface area contributed by atoms with Crippen molar-refractivity contribution in [3.63, 3.8) is 0 Å². The molecule has 0 aromatic heterocycles. The Kier molecular flexibility index (Phi) is 3.91. The Labute approximate surface area is 164 Å². The van der Waals surface area contributed by atoms with Crippen LogP contribution >= 0.6 is 0 Å². The lowest BCUT2D eigenvalue weighted by molar-refractivity contribution is 0.161. The van der Waals surface area contributed by atoms with Crippen molar-refractivity contribution < 1.29 is 9.47 Å². The average molecular weight is 364 g/mol. The highest BCUT2D eigenvalue weighted by molar-refractivity contribution is 5.98. The molecule has 28 heavy (non-hydrogen) atoms. The number of rotatable bonds is 3. The third-order valence-electron chi connectivity index (χ3n) is 5.39. The van der Waals surface area contributed by atoms with Crippen LogP contribution in [0.1, 0.15) is 16.7 Å². The predicted octanol–water partition coefficient (Wildman–Crippen LogP) is 6.20. The quantitative estimate of drug-likeness (QED) is 0.431. The molecule has 2 nitrogen and oxygen atoms in total. The van der Waals surface area contributed by atoms with Crippen LogP contribution in [-0.2, 0) is 5.60 Å². The van der Waals surface area contributed by atoms with Crippen molar-refractivity contribution >= 4 is 16.8 Å². The van der Waals surface area contributed by atoms with Crippen molar-refractivity contribution in [1.29, 1.82) is 0 Å². The lowest BCUT2D eigenvalue weighted by Gasteiger charge is -2.36. The molecule has 1 aliphatic heterocycles. The second-order valence-electron chi connectivity index (χ2n) is 6.94. The van der Waals surface area contributed by atoms with Gasteiger partial charge in [0.2, 0.25) is 0 Å². The monoisotopic (exact) mass is 364 g/mol. The van der Waals surface area contributed by atoms with Gasteiger partial charge in [-0.3, -0.25) is 0 Å². The van der Waals surface area contributed by atoms with Gasteiger partial charge in [0.1, 0.15) is 11.5 Å². The Balaban J connectivity index is 1.76. The first-order valence-electron chi connectivity index (χ1n) is 9.41. The molecular weight excluding hydrogens is 344 g/mol. The molecule has 0 saturated heterocycles. The summed E-state index contributed by atoms with van der Waals surface area (Å²) in [5.74, 6) is 1.71. The largest absolute Gasteiger partial charge is 0.496 e. The molecule has 0 unspecified atom stereocenters. The third kappa shape index (κ3) is 2.49. The molecule has 1 aliphatic rings. The van der Waals surface area contributed by atoms with E-state index in [1.807, 2.05) is 24.3 Å². The molecule has 0 saturated carbocycles. The van der Waals surface area contributed by atoms with Gasteiger partial charge in [-0.2, -0.15) is 0 Å². The zero-order valence-electron chi connectivity index (χ0n) is 15.6. The maximum absolute atomic E-state index is 6.76. The number of hydrogen-bond acceptors (Lipinski definition) is 2. The van der Waals surface area contributed by atoms with E-state index in [0.29, 0.717) is 0 Å². The summed E-state index contributed by atoms with van der Waals surface area (Å²) in [5.41, 5.74) is 2.59. The molecule has 0 amide bonds. The van der Waals surface area contributed by atoms with Crippen molar-refractivity contribution in [3.05, 3.63) is 114 Å². The Bertz CT molecular complexity index is 1120. The summed E-state index contributed by atoms with van der Waals surface area (Å²) >= 11 is 0. The van der Waals surface area contributed by atoms with Gasteiger partial charge in [0.15, 0.2) is 5.60 Å². The Morgan fingerprint density at radius 3 is 2.04 bits per heavy atom. The van der Waals surface area contributed by atoms with E-state index in [2.05, 4.69) is 78.9 Å².